The summed E-state index contributed by atoms with van der Waals surface area (Å²) < 4.78 is 37.2. The molecule has 0 spiro atoms. The second kappa shape index (κ2) is 4.53. The molecule has 5 heteroatoms. The molecule has 2 fully saturated rings. The van der Waals surface area contributed by atoms with Crippen molar-refractivity contribution in [3.05, 3.63) is 0 Å². The summed E-state index contributed by atoms with van der Waals surface area (Å²) in [6.45, 7) is -0.200. The van der Waals surface area contributed by atoms with Crippen molar-refractivity contribution in [2.45, 2.75) is 43.9 Å². The van der Waals surface area contributed by atoms with Crippen LogP contribution in [0, 0.1) is 5.92 Å². The van der Waals surface area contributed by atoms with E-state index in [0.717, 1.165) is 25.7 Å². The van der Waals surface area contributed by atoms with Gasteiger partial charge in [-0.2, -0.15) is 13.2 Å². The molecule has 2 rings (SSSR count). The summed E-state index contributed by atoms with van der Waals surface area (Å²) in [5, 5.41) is 3.15. The summed E-state index contributed by atoms with van der Waals surface area (Å²) >= 11 is 0. The maximum absolute atomic E-state index is 12.4. The molecule has 1 N–H and O–H groups in total. The molecule has 2 saturated carbocycles. The van der Waals surface area contributed by atoms with Gasteiger partial charge in [-0.15, -0.1) is 0 Å². The molecule has 0 aliphatic heterocycles. The van der Waals surface area contributed by atoms with Gasteiger partial charge in [-0.05, 0) is 38.6 Å². The predicted molar refractivity (Wildman–Crippen MR) is 56.2 cm³/mol. The highest BCUT2D eigenvalue weighted by atomic mass is 19.4. The number of nitrogens with zero attached hydrogens (tertiary/aromatic N) is 1. The normalized spacial score (nSPS) is 23.8. The molecule has 16 heavy (non-hydrogen) atoms. The summed E-state index contributed by atoms with van der Waals surface area (Å²) in [6.07, 6.45) is 0.116. The van der Waals surface area contributed by atoms with Crippen LogP contribution in [-0.4, -0.2) is 43.3 Å². The maximum Gasteiger partial charge on any atom is 0.401 e. The van der Waals surface area contributed by atoms with Gasteiger partial charge in [0.1, 0.15) is 0 Å². The number of nitrogens with one attached hydrogen (secondary N) is 1. The third-order valence-electron chi connectivity index (χ3n) is 3.44. The van der Waals surface area contributed by atoms with Crippen LogP contribution >= 0.6 is 0 Å². The van der Waals surface area contributed by atoms with E-state index in [9.17, 15) is 13.2 Å². The standard InChI is InChI=1S/C11H19F3N2/c1-15-10(8-2-3-8)6-16(9-4-5-9)7-11(12,13)14/h8-10,15H,2-7H2,1H3. The molecule has 94 valence electrons. The minimum absolute atomic E-state index is 0.177. The van der Waals surface area contributed by atoms with Crippen LogP contribution in [0.25, 0.3) is 0 Å². The number of rotatable bonds is 6. The molecule has 2 aliphatic rings. The molecule has 0 heterocycles. The molecular weight excluding hydrogens is 217 g/mol. The molecule has 1 unspecified atom stereocenters. The van der Waals surface area contributed by atoms with E-state index in [1.807, 2.05) is 7.05 Å². The maximum atomic E-state index is 12.4. The van der Waals surface area contributed by atoms with Crippen LogP contribution in [0.3, 0.4) is 0 Å². The quantitative estimate of drug-likeness (QED) is 0.759. The summed E-state index contributed by atoms with van der Waals surface area (Å²) in [4.78, 5) is 1.61. The first-order chi connectivity index (χ1) is 7.49. The van der Waals surface area contributed by atoms with E-state index in [1.165, 1.54) is 0 Å². The highest BCUT2D eigenvalue weighted by Crippen LogP contribution is 2.35. The van der Waals surface area contributed by atoms with Gasteiger partial charge in [0.05, 0.1) is 6.54 Å². The average molecular weight is 236 g/mol. The summed E-state index contributed by atoms with van der Waals surface area (Å²) in [7, 11) is 1.85. The van der Waals surface area contributed by atoms with Crippen LogP contribution in [-0.2, 0) is 0 Å². The summed E-state index contributed by atoms with van der Waals surface area (Å²) in [5.74, 6) is 0.597. The van der Waals surface area contributed by atoms with Gasteiger partial charge >= 0.3 is 6.18 Å². The van der Waals surface area contributed by atoms with Gasteiger partial charge in [0.2, 0.25) is 0 Å². The Morgan fingerprint density at radius 1 is 1.25 bits per heavy atom. The first-order valence-corrected chi connectivity index (χ1v) is 5.97. The lowest BCUT2D eigenvalue weighted by atomic mass is 10.1. The van der Waals surface area contributed by atoms with Crippen LogP contribution < -0.4 is 5.32 Å². The Bertz CT molecular complexity index is 234. The fraction of sp³-hybridized carbons (Fsp3) is 1.00. The van der Waals surface area contributed by atoms with E-state index in [4.69, 9.17) is 0 Å². The zero-order chi connectivity index (χ0) is 11.8. The van der Waals surface area contributed by atoms with Gasteiger partial charge in [0, 0.05) is 18.6 Å². The molecule has 0 aromatic heterocycles. The fourth-order valence-corrected chi connectivity index (χ4v) is 2.24. The van der Waals surface area contributed by atoms with E-state index in [2.05, 4.69) is 5.32 Å². The zero-order valence-electron chi connectivity index (χ0n) is 9.56. The molecular formula is C11H19F3N2. The van der Waals surface area contributed by atoms with E-state index in [0.29, 0.717) is 12.5 Å². The Morgan fingerprint density at radius 2 is 1.88 bits per heavy atom. The molecule has 2 aliphatic carbocycles. The molecule has 0 amide bonds. The monoisotopic (exact) mass is 236 g/mol. The van der Waals surface area contributed by atoms with Gasteiger partial charge in [0.25, 0.3) is 0 Å². The highest BCUT2D eigenvalue weighted by Gasteiger charge is 2.40. The lowest BCUT2D eigenvalue weighted by Crippen LogP contribution is -2.45. The van der Waals surface area contributed by atoms with Gasteiger partial charge in [-0.3, -0.25) is 4.90 Å². The predicted octanol–water partition coefficient (Wildman–Crippen LogP) is 2.01. The third-order valence-corrected chi connectivity index (χ3v) is 3.44. The molecule has 2 nitrogen and oxygen atoms in total. The molecule has 0 bridgehead atoms. The van der Waals surface area contributed by atoms with Gasteiger partial charge in [-0.1, -0.05) is 0 Å². The zero-order valence-corrected chi connectivity index (χ0v) is 9.56. The topological polar surface area (TPSA) is 15.3 Å². The molecule has 0 aromatic rings. The van der Waals surface area contributed by atoms with Crippen LogP contribution in [0.5, 0.6) is 0 Å². The minimum atomic E-state index is -4.07. The van der Waals surface area contributed by atoms with Crippen molar-refractivity contribution in [3.63, 3.8) is 0 Å². The van der Waals surface area contributed by atoms with E-state index < -0.39 is 12.7 Å². The first-order valence-electron chi connectivity index (χ1n) is 5.97. The van der Waals surface area contributed by atoms with Crippen molar-refractivity contribution in [1.29, 1.82) is 0 Å². The van der Waals surface area contributed by atoms with Gasteiger partial charge in [0.15, 0.2) is 0 Å². The second-order valence-electron chi connectivity index (χ2n) is 5.01. The van der Waals surface area contributed by atoms with Crippen molar-refractivity contribution in [2.24, 2.45) is 5.92 Å². The average Bonchev–Trinajstić information content (AvgIpc) is 3.02. The highest BCUT2D eigenvalue weighted by molar-refractivity contribution is 4.92. The van der Waals surface area contributed by atoms with Crippen molar-refractivity contribution in [3.8, 4) is 0 Å². The molecule has 0 radical (unpaired) electrons. The Balaban J connectivity index is 1.86. The Morgan fingerprint density at radius 3 is 2.25 bits per heavy atom. The summed E-state index contributed by atoms with van der Waals surface area (Å²) in [5.41, 5.74) is 0. The molecule has 0 aromatic carbocycles. The van der Waals surface area contributed by atoms with Gasteiger partial charge in [-0.25, -0.2) is 0 Å². The van der Waals surface area contributed by atoms with E-state index in [1.54, 1.807) is 4.90 Å². The minimum Gasteiger partial charge on any atom is -0.315 e. The smallest absolute Gasteiger partial charge is 0.315 e. The van der Waals surface area contributed by atoms with Crippen LogP contribution in [0.4, 0.5) is 13.2 Å². The second-order valence-corrected chi connectivity index (χ2v) is 5.01. The Labute approximate surface area is 94.2 Å². The van der Waals surface area contributed by atoms with Crippen LogP contribution in [0.2, 0.25) is 0 Å². The van der Waals surface area contributed by atoms with Crippen molar-refractivity contribution < 1.29 is 13.2 Å². The number of alkyl halides is 3. The van der Waals surface area contributed by atoms with E-state index >= 15 is 0 Å². The largest absolute Gasteiger partial charge is 0.401 e. The van der Waals surface area contributed by atoms with Crippen LogP contribution in [0.1, 0.15) is 25.7 Å². The molecule has 0 saturated heterocycles. The number of hydrogen-bond donors (Lipinski definition) is 1. The van der Waals surface area contributed by atoms with Crippen molar-refractivity contribution >= 4 is 0 Å². The fourth-order valence-electron chi connectivity index (χ4n) is 2.24. The lowest BCUT2D eigenvalue weighted by Gasteiger charge is -2.28. The number of halogens is 3. The number of hydrogen-bond acceptors (Lipinski definition) is 2. The SMILES string of the molecule is CNC(CN(CC(F)(F)F)C1CC1)C1CC1. The van der Waals surface area contributed by atoms with Crippen molar-refractivity contribution in [2.75, 3.05) is 20.1 Å². The molecule has 1 atom stereocenters. The lowest BCUT2D eigenvalue weighted by molar-refractivity contribution is -0.148. The third kappa shape index (κ3) is 3.63. The Kier molecular flexibility index (Phi) is 3.45. The van der Waals surface area contributed by atoms with Gasteiger partial charge < -0.3 is 5.32 Å². The van der Waals surface area contributed by atoms with E-state index in [-0.39, 0.29) is 12.1 Å². The van der Waals surface area contributed by atoms with Crippen LogP contribution in [0.15, 0.2) is 0 Å². The Hall–Kier alpha value is -0.290. The first kappa shape index (κ1) is 12.2. The summed E-state index contributed by atoms with van der Waals surface area (Å²) in [6, 6.07) is 0.416. The number of likely N-dealkylation sites (N-methyl/N-ethyl adjacent to an activating group) is 1. The van der Waals surface area contributed by atoms with Crippen molar-refractivity contribution in [1.82, 2.24) is 10.2 Å².